The van der Waals surface area contributed by atoms with E-state index in [0.29, 0.717) is 71.7 Å². The smallest absolute Gasteiger partial charge is 0.343 e. The van der Waals surface area contributed by atoms with Crippen molar-refractivity contribution in [2.24, 2.45) is 0 Å². The molecule has 0 atom stereocenters. The fourth-order valence-electron chi connectivity index (χ4n) is 8.65. The third-order valence-electron chi connectivity index (χ3n) is 13.5. The van der Waals surface area contributed by atoms with E-state index in [1.54, 1.807) is 105 Å². The van der Waals surface area contributed by atoms with Crippen molar-refractivity contribution >= 4 is 35.8 Å². The molecular weight excluding hydrogens is 1060 g/mol. The highest BCUT2D eigenvalue weighted by atomic mass is 16.6. The highest BCUT2D eigenvalue weighted by Gasteiger charge is 2.16. The number of carbonyl (C=O) groups is 6. The summed E-state index contributed by atoms with van der Waals surface area (Å²) in [6.07, 6.45) is 19.6. The van der Waals surface area contributed by atoms with Gasteiger partial charge in [0.05, 0.1) is 48.7 Å². The molecule has 0 bridgehead atoms. The van der Waals surface area contributed by atoms with E-state index in [0.717, 1.165) is 88.2 Å². The minimum Gasteiger partial charge on any atom is -0.494 e. The van der Waals surface area contributed by atoms with Gasteiger partial charge >= 0.3 is 35.8 Å². The van der Waals surface area contributed by atoms with E-state index in [4.69, 9.17) is 37.9 Å². The monoisotopic (exact) mass is 1140 g/mol. The van der Waals surface area contributed by atoms with Gasteiger partial charge in [0.1, 0.15) is 34.5 Å². The number of esters is 6. The molecule has 0 aliphatic heterocycles. The normalized spacial score (nSPS) is 10.7. The van der Waals surface area contributed by atoms with Gasteiger partial charge in [-0.25, -0.2) is 28.8 Å². The summed E-state index contributed by atoms with van der Waals surface area (Å²) in [5, 5.41) is 0. The zero-order valence-corrected chi connectivity index (χ0v) is 48.5. The molecule has 0 fully saturated rings. The summed E-state index contributed by atoms with van der Waals surface area (Å²) < 4.78 is 44.4. The average molecular weight is 1140 g/mol. The first kappa shape index (κ1) is 64.4. The second-order valence-corrected chi connectivity index (χ2v) is 20.6. The van der Waals surface area contributed by atoms with Crippen LogP contribution in [-0.2, 0) is 19.1 Å². The predicted molar refractivity (Wildman–Crippen MR) is 323 cm³/mol. The lowest BCUT2D eigenvalue weighted by Crippen LogP contribution is -2.10. The number of ether oxygens (including phenoxy) is 8. The molecule has 0 amide bonds. The molecule has 0 saturated carbocycles. The van der Waals surface area contributed by atoms with Crippen molar-refractivity contribution in [2.45, 2.75) is 129 Å². The molecule has 14 nitrogen and oxygen atoms in total. The Hall–Kier alpha value is -8.78. The lowest BCUT2D eigenvalue weighted by atomic mass is 10.1. The SMILES string of the molecule is C=C(C)C(=O)OCCCCCCCCCCCOc1ccc(C(=O)Oc2ccc(C(=O)Oc3ccc(-c4cccc(OC(=O)c5ccc(OC(=O)c6ccc(OCCCCCCCCCCCOC(=O)C(=C)C)cc6)cc5)c4)cc3)cc2)cc1. The Bertz CT molecular complexity index is 3050. The zero-order valence-electron chi connectivity index (χ0n) is 48.5. The summed E-state index contributed by atoms with van der Waals surface area (Å²) in [6.45, 7) is 12.6. The van der Waals surface area contributed by atoms with Crippen LogP contribution in [0.15, 0.2) is 170 Å². The van der Waals surface area contributed by atoms with E-state index in [1.807, 2.05) is 6.07 Å². The van der Waals surface area contributed by atoms with Crippen molar-refractivity contribution in [3.63, 3.8) is 0 Å². The van der Waals surface area contributed by atoms with Crippen molar-refractivity contribution in [1.29, 1.82) is 0 Å². The fourth-order valence-corrected chi connectivity index (χ4v) is 8.65. The van der Waals surface area contributed by atoms with E-state index in [9.17, 15) is 28.8 Å². The van der Waals surface area contributed by atoms with Crippen LogP contribution in [0, 0.1) is 0 Å². The minimum absolute atomic E-state index is 0.260. The second-order valence-electron chi connectivity index (χ2n) is 20.6. The molecule has 0 heterocycles. The van der Waals surface area contributed by atoms with Crippen LogP contribution in [0.25, 0.3) is 11.1 Å². The largest absolute Gasteiger partial charge is 0.494 e. The van der Waals surface area contributed by atoms with E-state index < -0.39 is 23.9 Å². The van der Waals surface area contributed by atoms with Crippen LogP contribution in [0.3, 0.4) is 0 Å². The number of hydrogen-bond donors (Lipinski definition) is 0. The minimum atomic E-state index is -0.596. The van der Waals surface area contributed by atoms with Crippen molar-refractivity contribution in [3.8, 4) is 45.6 Å². The van der Waals surface area contributed by atoms with Gasteiger partial charge in [-0.3, -0.25) is 0 Å². The maximum Gasteiger partial charge on any atom is 0.343 e. The van der Waals surface area contributed by atoms with Gasteiger partial charge in [0.2, 0.25) is 0 Å². The molecule has 0 aromatic heterocycles. The molecule has 0 spiro atoms. The number of carbonyl (C=O) groups excluding carboxylic acids is 6. The Morgan fingerprint density at radius 2 is 0.571 bits per heavy atom. The van der Waals surface area contributed by atoms with Crippen molar-refractivity contribution < 1.29 is 66.7 Å². The summed E-state index contributed by atoms with van der Waals surface area (Å²) in [7, 11) is 0. The highest BCUT2D eigenvalue weighted by molar-refractivity contribution is 5.94. The van der Waals surface area contributed by atoms with Gasteiger partial charge in [-0.2, -0.15) is 0 Å². The molecule has 0 aliphatic carbocycles. The summed E-state index contributed by atoms with van der Waals surface area (Å²) in [4.78, 5) is 74.8. The van der Waals surface area contributed by atoms with Gasteiger partial charge in [-0.15, -0.1) is 0 Å². The Kier molecular flexibility index (Phi) is 27.5. The second kappa shape index (κ2) is 35.9. The number of hydrogen-bond acceptors (Lipinski definition) is 14. The standard InChI is InChI=1S/C70H78O14/c1-51(2)65(71)79-48-21-17-13-9-5-7-11-15-19-46-77-59-36-28-54(29-37-59)67(73)82-62-42-32-56(33-43-62)69(75)81-61-40-26-53(27-41-61)58-24-23-25-64(50-58)84-70(76)57-34-44-63(45-35-57)83-68(74)55-30-38-60(39-31-55)78-47-20-16-12-8-6-10-14-18-22-49-80-66(72)52(3)4/h23-45,50H,1,3,5-22,46-49H2,2,4H3. The summed E-state index contributed by atoms with van der Waals surface area (Å²) >= 11 is 0. The van der Waals surface area contributed by atoms with Gasteiger partial charge in [-0.1, -0.05) is 127 Å². The van der Waals surface area contributed by atoms with E-state index in [2.05, 4.69) is 13.2 Å². The topological polar surface area (TPSA) is 176 Å². The Labute approximate surface area is 494 Å². The van der Waals surface area contributed by atoms with Gasteiger partial charge in [-0.05, 0) is 172 Å². The predicted octanol–water partition coefficient (Wildman–Crippen LogP) is 16.2. The van der Waals surface area contributed by atoms with Crippen LogP contribution in [0.4, 0.5) is 0 Å². The van der Waals surface area contributed by atoms with Crippen molar-refractivity contribution in [1.82, 2.24) is 0 Å². The van der Waals surface area contributed by atoms with Crippen LogP contribution in [0.2, 0.25) is 0 Å². The van der Waals surface area contributed by atoms with Crippen LogP contribution in [-0.4, -0.2) is 62.2 Å². The summed E-state index contributed by atoms with van der Waals surface area (Å²) in [5.41, 5.74) is 3.65. The first-order valence-electron chi connectivity index (χ1n) is 29.2. The van der Waals surface area contributed by atoms with Gasteiger partial charge in [0, 0.05) is 11.1 Å². The van der Waals surface area contributed by atoms with Gasteiger partial charge in [0.15, 0.2) is 0 Å². The zero-order chi connectivity index (χ0) is 59.7. The molecular formula is C70H78O14. The molecule has 6 rings (SSSR count). The number of rotatable bonds is 37. The number of unbranched alkanes of at least 4 members (excludes halogenated alkanes) is 16. The van der Waals surface area contributed by atoms with Gasteiger partial charge < -0.3 is 37.9 Å². The molecule has 0 unspecified atom stereocenters. The Morgan fingerprint density at radius 3 is 0.893 bits per heavy atom. The Balaban J connectivity index is 0.826. The lowest BCUT2D eigenvalue weighted by Gasteiger charge is -2.10. The maximum atomic E-state index is 13.1. The third kappa shape index (κ3) is 23.6. The van der Waals surface area contributed by atoms with Crippen molar-refractivity contribution in [3.05, 3.63) is 192 Å². The van der Waals surface area contributed by atoms with Gasteiger partial charge in [0.25, 0.3) is 0 Å². The van der Waals surface area contributed by atoms with Crippen molar-refractivity contribution in [2.75, 3.05) is 26.4 Å². The highest BCUT2D eigenvalue weighted by Crippen LogP contribution is 2.28. The molecule has 0 aliphatic rings. The maximum absolute atomic E-state index is 13.1. The van der Waals surface area contributed by atoms with Crippen LogP contribution in [0.5, 0.6) is 34.5 Å². The first-order chi connectivity index (χ1) is 40.8. The van der Waals surface area contributed by atoms with E-state index >= 15 is 0 Å². The average Bonchev–Trinajstić information content (AvgIpc) is 3.54. The molecule has 84 heavy (non-hydrogen) atoms. The molecule has 6 aromatic rings. The molecule has 0 radical (unpaired) electrons. The number of benzene rings is 6. The van der Waals surface area contributed by atoms with E-state index in [1.165, 1.54) is 87.1 Å². The third-order valence-corrected chi connectivity index (χ3v) is 13.5. The molecule has 0 saturated heterocycles. The molecule has 6 aromatic carbocycles. The van der Waals surface area contributed by atoms with Crippen LogP contribution >= 0.6 is 0 Å². The molecule has 0 N–H and O–H groups in total. The molecule has 14 heteroatoms. The fraction of sp³-hybridized carbons (Fsp3) is 0.343. The molecule has 442 valence electrons. The summed E-state index contributed by atoms with van der Waals surface area (Å²) in [5.74, 6) is -0.408. The quantitative estimate of drug-likeness (QED) is 0.0156. The lowest BCUT2D eigenvalue weighted by molar-refractivity contribution is -0.139. The first-order valence-corrected chi connectivity index (χ1v) is 29.2. The van der Waals surface area contributed by atoms with E-state index in [-0.39, 0.29) is 34.6 Å². The Morgan fingerprint density at radius 1 is 0.298 bits per heavy atom. The van der Waals surface area contributed by atoms with Crippen LogP contribution in [0.1, 0.15) is 171 Å². The van der Waals surface area contributed by atoms with Crippen LogP contribution < -0.4 is 28.4 Å². The summed E-state index contributed by atoms with van der Waals surface area (Å²) in [6, 6.07) is 39.7.